The van der Waals surface area contributed by atoms with Crippen LogP contribution in [-0.4, -0.2) is 80.4 Å². The van der Waals surface area contributed by atoms with Crippen molar-refractivity contribution in [3.8, 4) is 29.2 Å². The molecule has 5 aromatic rings. The summed E-state index contributed by atoms with van der Waals surface area (Å²) in [6.07, 6.45) is 11.5. The van der Waals surface area contributed by atoms with Crippen LogP contribution in [-0.2, 0) is 9.59 Å². The standard InChI is InChI=1S/C41H43N11O3/c1-26(21-42)47-35-20-38(52-40-31(24-46-52)18-28(22-43)23-45-40)44-25-34(35)36-19-37(55-49-36)30-4-2-27(3-5-30)12-13-50-14-16-51(17-15-50)32-8-6-29(7-9-32)33-10-11-39(53)48-41(33)54/h6-9,18-20,23-27,30,33H,2-5,10-17H2,1H3,(H,44,47)(H,48,53,54)/t26-,27?,30?,33?/m1/s1. The van der Waals surface area contributed by atoms with Gasteiger partial charge in [0.05, 0.1) is 29.4 Å². The molecule has 0 bridgehead atoms. The van der Waals surface area contributed by atoms with Gasteiger partial charge in [0, 0.05) is 79.7 Å². The Kier molecular flexibility index (Phi) is 10.2. The lowest BCUT2D eigenvalue weighted by Gasteiger charge is -2.37. The van der Waals surface area contributed by atoms with E-state index in [1.807, 2.05) is 24.3 Å². The van der Waals surface area contributed by atoms with E-state index in [-0.39, 0.29) is 17.7 Å². The second kappa shape index (κ2) is 15.7. The zero-order chi connectivity index (χ0) is 37.9. The van der Waals surface area contributed by atoms with Gasteiger partial charge in [0.15, 0.2) is 11.5 Å². The summed E-state index contributed by atoms with van der Waals surface area (Å²) in [6, 6.07) is 17.8. The number of imide groups is 1. The number of hydrogen-bond acceptors (Lipinski definition) is 12. The van der Waals surface area contributed by atoms with E-state index in [2.05, 4.69) is 64.9 Å². The third-order valence-corrected chi connectivity index (χ3v) is 11.4. The van der Waals surface area contributed by atoms with E-state index in [0.717, 1.165) is 80.7 Å². The summed E-state index contributed by atoms with van der Waals surface area (Å²) in [6.45, 7) is 6.91. The van der Waals surface area contributed by atoms with Gasteiger partial charge < -0.3 is 14.7 Å². The summed E-state index contributed by atoms with van der Waals surface area (Å²) >= 11 is 0. The van der Waals surface area contributed by atoms with Gasteiger partial charge in [-0.2, -0.15) is 20.3 Å². The zero-order valence-electron chi connectivity index (χ0n) is 30.8. The number of pyridine rings is 2. The normalized spacial score (nSPS) is 21.1. The summed E-state index contributed by atoms with van der Waals surface area (Å²) < 4.78 is 7.56. The molecule has 8 rings (SSSR count). The molecule has 2 saturated heterocycles. The van der Waals surface area contributed by atoms with Crippen molar-refractivity contribution in [3.63, 3.8) is 0 Å². The van der Waals surface area contributed by atoms with Gasteiger partial charge >= 0.3 is 0 Å². The number of amides is 2. The fourth-order valence-corrected chi connectivity index (χ4v) is 8.17. The minimum absolute atomic E-state index is 0.184. The van der Waals surface area contributed by atoms with Crippen molar-refractivity contribution in [2.45, 2.75) is 69.7 Å². The van der Waals surface area contributed by atoms with Crippen LogP contribution in [0.4, 0.5) is 11.4 Å². The van der Waals surface area contributed by atoms with Crippen molar-refractivity contribution in [2.75, 3.05) is 42.9 Å². The number of hydrogen-bond donors (Lipinski definition) is 2. The van der Waals surface area contributed by atoms with Crippen LogP contribution in [0.2, 0.25) is 0 Å². The molecule has 2 N–H and O–H groups in total. The van der Waals surface area contributed by atoms with Gasteiger partial charge in [-0.25, -0.2) is 9.97 Å². The molecule has 1 aliphatic carbocycles. The lowest BCUT2D eigenvalue weighted by Crippen LogP contribution is -2.47. The molecule has 1 aromatic carbocycles. The Morgan fingerprint density at radius 3 is 2.51 bits per heavy atom. The molecule has 6 heterocycles. The summed E-state index contributed by atoms with van der Waals surface area (Å²) in [5.74, 6) is 1.78. The number of aromatic nitrogens is 5. The Bertz CT molecular complexity index is 2270. The summed E-state index contributed by atoms with van der Waals surface area (Å²) in [5, 5.41) is 34.2. The fraction of sp³-hybridized carbons (Fsp3) is 0.415. The van der Waals surface area contributed by atoms with E-state index in [1.165, 1.54) is 18.3 Å². The van der Waals surface area contributed by atoms with Gasteiger partial charge in [0.2, 0.25) is 11.8 Å². The van der Waals surface area contributed by atoms with Crippen molar-refractivity contribution in [2.24, 2.45) is 5.92 Å². The highest BCUT2D eigenvalue weighted by Crippen LogP contribution is 2.39. The highest BCUT2D eigenvalue weighted by atomic mass is 16.5. The van der Waals surface area contributed by atoms with Gasteiger partial charge in [-0.3, -0.25) is 19.8 Å². The molecule has 1 saturated carbocycles. The van der Waals surface area contributed by atoms with E-state index in [0.29, 0.717) is 53.1 Å². The third kappa shape index (κ3) is 7.77. The van der Waals surface area contributed by atoms with Crippen molar-refractivity contribution in [1.29, 1.82) is 10.5 Å². The zero-order valence-corrected chi connectivity index (χ0v) is 30.8. The first-order valence-corrected chi connectivity index (χ1v) is 19.1. The number of piperazine rings is 1. The first kappa shape index (κ1) is 35.9. The largest absolute Gasteiger partial charge is 0.369 e. The van der Waals surface area contributed by atoms with Gasteiger partial charge in [0.1, 0.15) is 23.6 Å². The van der Waals surface area contributed by atoms with E-state index < -0.39 is 6.04 Å². The fourth-order valence-electron chi connectivity index (χ4n) is 8.17. The maximum Gasteiger partial charge on any atom is 0.234 e. The van der Waals surface area contributed by atoms with Crippen LogP contribution in [0, 0.1) is 28.6 Å². The Balaban J connectivity index is 0.836. The highest BCUT2D eigenvalue weighted by molar-refractivity contribution is 6.01. The molecule has 14 nitrogen and oxygen atoms in total. The maximum atomic E-state index is 12.3. The molecule has 280 valence electrons. The number of rotatable bonds is 10. The molecule has 0 radical (unpaired) electrons. The molecule has 2 atom stereocenters. The predicted molar refractivity (Wildman–Crippen MR) is 205 cm³/mol. The molecule has 2 amide bonds. The molecule has 3 aliphatic rings. The Morgan fingerprint density at radius 2 is 1.76 bits per heavy atom. The smallest absolute Gasteiger partial charge is 0.234 e. The van der Waals surface area contributed by atoms with Crippen LogP contribution in [0.5, 0.6) is 0 Å². The molecule has 3 fully saturated rings. The second-order valence-corrected chi connectivity index (χ2v) is 14.9. The number of anilines is 2. The Hall–Kier alpha value is -6.12. The number of carbonyl (C=O) groups is 2. The summed E-state index contributed by atoms with van der Waals surface area (Å²) in [4.78, 5) is 37.9. The molecular formula is C41H43N11O3. The van der Waals surface area contributed by atoms with Crippen molar-refractivity contribution < 1.29 is 14.1 Å². The maximum absolute atomic E-state index is 12.3. The number of benzene rings is 1. The van der Waals surface area contributed by atoms with Crippen molar-refractivity contribution in [1.82, 2.24) is 35.1 Å². The topological polar surface area (TPSA) is 182 Å². The highest BCUT2D eigenvalue weighted by Gasteiger charge is 2.29. The molecule has 4 aromatic heterocycles. The summed E-state index contributed by atoms with van der Waals surface area (Å²) in [7, 11) is 0. The van der Waals surface area contributed by atoms with Crippen LogP contribution in [0.1, 0.15) is 80.6 Å². The van der Waals surface area contributed by atoms with Gasteiger partial charge in [-0.05, 0) is 81.7 Å². The van der Waals surface area contributed by atoms with Gasteiger partial charge in [-0.15, -0.1) is 0 Å². The molecule has 2 aliphatic heterocycles. The van der Waals surface area contributed by atoms with Crippen LogP contribution in [0.15, 0.2) is 65.6 Å². The number of fused-ring (bicyclic) bond motifs is 1. The van der Waals surface area contributed by atoms with Gasteiger partial charge in [-0.1, -0.05) is 17.3 Å². The van der Waals surface area contributed by atoms with E-state index >= 15 is 0 Å². The van der Waals surface area contributed by atoms with Crippen LogP contribution in [0.3, 0.4) is 0 Å². The lowest BCUT2D eigenvalue weighted by atomic mass is 9.79. The average molecular weight is 738 g/mol. The number of nitrogens with one attached hydrogen (secondary N) is 2. The third-order valence-electron chi connectivity index (χ3n) is 11.4. The molecule has 1 unspecified atom stereocenters. The van der Waals surface area contributed by atoms with Crippen molar-refractivity contribution >= 4 is 34.2 Å². The number of nitriles is 2. The lowest BCUT2D eigenvalue weighted by molar-refractivity contribution is -0.134. The SMILES string of the molecule is C[C@H](C#N)Nc1cc(-n2ncc3cc(C#N)cnc32)ncc1-c1cc(C2CCC(CCN3CCN(c4ccc(C5CCC(=O)NC5=O)cc4)CC3)CC2)on1. The molecule has 0 spiro atoms. The molecule has 55 heavy (non-hydrogen) atoms. The quantitative estimate of drug-likeness (QED) is 0.168. The predicted octanol–water partition coefficient (Wildman–Crippen LogP) is 5.67. The molecular weight excluding hydrogens is 695 g/mol. The molecule has 14 heteroatoms. The minimum atomic E-state index is -0.462. The average Bonchev–Trinajstić information content (AvgIpc) is 3.88. The van der Waals surface area contributed by atoms with Gasteiger partial charge in [0.25, 0.3) is 0 Å². The van der Waals surface area contributed by atoms with E-state index in [9.17, 15) is 20.1 Å². The van der Waals surface area contributed by atoms with Crippen LogP contribution in [0.25, 0.3) is 28.1 Å². The Labute approximate surface area is 319 Å². The van der Waals surface area contributed by atoms with Crippen LogP contribution >= 0.6 is 0 Å². The monoisotopic (exact) mass is 737 g/mol. The number of carbonyl (C=O) groups excluding carboxylic acids is 2. The van der Waals surface area contributed by atoms with E-state index in [1.54, 1.807) is 30.1 Å². The summed E-state index contributed by atoms with van der Waals surface area (Å²) in [5.41, 5.74) is 5.26. The van der Waals surface area contributed by atoms with E-state index in [4.69, 9.17) is 4.52 Å². The minimum Gasteiger partial charge on any atom is -0.369 e. The Morgan fingerprint density at radius 1 is 0.964 bits per heavy atom. The number of piperidine rings is 1. The first-order valence-electron chi connectivity index (χ1n) is 19.1. The second-order valence-electron chi connectivity index (χ2n) is 14.9. The number of nitrogens with zero attached hydrogens (tertiary/aromatic N) is 9. The van der Waals surface area contributed by atoms with Crippen molar-refractivity contribution in [3.05, 3.63) is 77.9 Å². The first-order chi connectivity index (χ1) is 26.8. The van der Waals surface area contributed by atoms with Crippen LogP contribution < -0.4 is 15.5 Å².